The first kappa shape index (κ1) is 11.4. The average Bonchev–Trinajstić information content (AvgIpc) is 3.08. The summed E-state index contributed by atoms with van der Waals surface area (Å²) in [6.07, 6.45) is 1.69. The van der Waals surface area contributed by atoms with Crippen LogP contribution >= 0.6 is 11.3 Å². The first-order chi connectivity index (χ1) is 9.72. The van der Waals surface area contributed by atoms with Crippen molar-refractivity contribution in [3.8, 4) is 16.8 Å². The van der Waals surface area contributed by atoms with Gasteiger partial charge in [-0.25, -0.2) is 18.9 Å². The van der Waals surface area contributed by atoms with Crippen LogP contribution in [0.15, 0.2) is 28.8 Å². The van der Waals surface area contributed by atoms with Crippen molar-refractivity contribution >= 4 is 27.4 Å². The predicted octanol–water partition coefficient (Wildman–Crippen LogP) is 2.75. The SMILES string of the molecule is COc1nn2cc(-c3nc4cc(F)ccc4o3)nc2s1. The van der Waals surface area contributed by atoms with E-state index in [0.717, 1.165) is 0 Å². The first-order valence-electron chi connectivity index (χ1n) is 5.69. The summed E-state index contributed by atoms with van der Waals surface area (Å²) in [5.74, 6) is -0.0168. The standard InChI is InChI=1S/C12H7FN4O2S/c1-18-12-16-17-5-8(15-11(17)20-12)10-14-7-4-6(13)2-3-9(7)19-10/h2-5H,1H3. The normalized spacial score (nSPS) is 11.5. The summed E-state index contributed by atoms with van der Waals surface area (Å²) in [6, 6.07) is 4.19. The van der Waals surface area contributed by atoms with Crippen LogP contribution in [0.25, 0.3) is 27.6 Å². The number of imidazole rings is 1. The minimum absolute atomic E-state index is 0.335. The van der Waals surface area contributed by atoms with Crippen molar-refractivity contribution in [1.29, 1.82) is 0 Å². The number of halogens is 1. The maximum absolute atomic E-state index is 13.1. The Hall–Kier alpha value is -2.48. The Morgan fingerprint density at radius 2 is 2.25 bits per heavy atom. The van der Waals surface area contributed by atoms with Gasteiger partial charge >= 0.3 is 0 Å². The largest absolute Gasteiger partial charge is 0.472 e. The molecule has 20 heavy (non-hydrogen) atoms. The van der Waals surface area contributed by atoms with Gasteiger partial charge in [0.25, 0.3) is 5.19 Å². The number of methoxy groups -OCH3 is 1. The lowest BCUT2D eigenvalue weighted by Gasteiger charge is -1.87. The number of fused-ring (bicyclic) bond motifs is 2. The van der Waals surface area contributed by atoms with Crippen LogP contribution in [0.1, 0.15) is 0 Å². The van der Waals surface area contributed by atoms with Crippen LogP contribution in [-0.4, -0.2) is 26.7 Å². The molecule has 6 nitrogen and oxygen atoms in total. The molecule has 0 saturated carbocycles. The molecule has 0 aliphatic heterocycles. The van der Waals surface area contributed by atoms with Crippen molar-refractivity contribution in [3.05, 3.63) is 30.2 Å². The zero-order valence-electron chi connectivity index (χ0n) is 10.2. The van der Waals surface area contributed by atoms with Gasteiger partial charge in [-0.2, -0.15) is 0 Å². The van der Waals surface area contributed by atoms with Crippen LogP contribution in [0.2, 0.25) is 0 Å². The molecule has 0 unspecified atom stereocenters. The molecule has 0 saturated heterocycles. The van der Waals surface area contributed by atoms with Gasteiger partial charge in [0.15, 0.2) is 5.58 Å². The number of hydrogen-bond acceptors (Lipinski definition) is 6. The van der Waals surface area contributed by atoms with E-state index in [2.05, 4.69) is 15.1 Å². The fourth-order valence-corrected chi connectivity index (χ4v) is 2.58. The number of aromatic nitrogens is 4. The van der Waals surface area contributed by atoms with Crippen molar-refractivity contribution in [2.45, 2.75) is 0 Å². The van der Waals surface area contributed by atoms with Gasteiger partial charge in [-0.05, 0) is 23.5 Å². The van der Waals surface area contributed by atoms with Gasteiger partial charge < -0.3 is 9.15 Å². The molecule has 0 aliphatic carbocycles. The van der Waals surface area contributed by atoms with Crippen LogP contribution in [-0.2, 0) is 0 Å². The number of oxazole rings is 1. The van der Waals surface area contributed by atoms with Gasteiger partial charge in [0.2, 0.25) is 10.9 Å². The maximum atomic E-state index is 13.1. The molecule has 0 bridgehead atoms. The van der Waals surface area contributed by atoms with Crippen molar-refractivity contribution in [2.75, 3.05) is 7.11 Å². The third-order valence-electron chi connectivity index (χ3n) is 2.77. The van der Waals surface area contributed by atoms with Crippen LogP contribution in [0.4, 0.5) is 4.39 Å². The van der Waals surface area contributed by atoms with E-state index >= 15 is 0 Å². The second-order valence-corrected chi connectivity index (χ2v) is 4.97. The molecule has 1 aromatic carbocycles. The van der Waals surface area contributed by atoms with E-state index in [9.17, 15) is 4.39 Å². The zero-order chi connectivity index (χ0) is 13.7. The van der Waals surface area contributed by atoms with Crippen LogP contribution < -0.4 is 4.74 Å². The highest BCUT2D eigenvalue weighted by Crippen LogP contribution is 2.27. The third-order valence-corrected chi connectivity index (χ3v) is 3.65. The van der Waals surface area contributed by atoms with E-state index in [4.69, 9.17) is 9.15 Å². The second kappa shape index (κ2) is 4.01. The Balaban J connectivity index is 1.84. The Bertz CT molecular complexity index is 895. The van der Waals surface area contributed by atoms with Gasteiger partial charge in [-0.1, -0.05) is 0 Å². The lowest BCUT2D eigenvalue weighted by molar-refractivity contribution is 0.405. The van der Waals surface area contributed by atoms with E-state index < -0.39 is 0 Å². The summed E-state index contributed by atoms with van der Waals surface area (Å²) in [7, 11) is 1.55. The Labute approximate surface area is 115 Å². The zero-order valence-corrected chi connectivity index (χ0v) is 11.0. The fraction of sp³-hybridized carbons (Fsp3) is 0.0833. The fourth-order valence-electron chi connectivity index (χ4n) is 1.88. The van der Waals surface area contributed by atoms with Crippen LogP contribution in [0.3, 0.4) is 0 Å². The molecule has 3 aromatic heterocycles. The number of nitrogens with zero attached hydrogens (tertiary/aromatic N) is 4. The Kier molecular flexibility index (Phi) is 2.27. The summed E-state index contributed by atoms with van der Waals surface area (Å²) in [6.45, 7) is 0. The molecule has 4 aromatic rings. The van der Waals surface area contributed by atoms with Crippen LogP contribution in [0.5, 0.6) is 5.19 Å². The molecular weight excluding hydrogens is 283 g/mol. The smallest absolute Gasteiger partial charge is 0.294 e. The molecule has 0 aliphatic rings. The molecule has 0 atom stereocenters. The second-order valence-electron chi connectivity index (χ2n) is 4.06. The number of ether oxygens (including phenoxy) is 1. The van der Waals surface area contributed by atoms with E-state index in [1.165, 1.54) is 23.5 Å². The van der Waals surface area contributed by atoms with Crippen molar-refractivity contribution in [3.63, 3.8) is 0 Å². The molecule has 4 rings (SSSR count). The molecule has 8 heteroatoms. The minimum Gasteiger partial charge on any atom is -0.472 e. The Morgan fingerprint density at radius 1 is 1.35 bits per heavy atom. The first-order valence-corrected chi connectivity index (χ1v) is 6.51. The minimum atomic E-state index is -0.352. The van der Waals surface area contributed by atoms with E-state index in [1.54, 1.807) is 23.9 Å². The lowest BCUT2D eigenvalue weighted by atomic mass is 10.3. The van der Waals surface area contributed by atoms with Crippen molar-refractivity contribution in [1.82, 2.24) is 19.6 Å². The summed E-state index contributed by atoms with van der Waals surface area (Å²) in [4.78, 5) is 9.25. The van der Waals surface area contributed by atoms with Gasteiger partial charge in [-0.15, -0.1) is 5.10 Å². The van der Waals surface area contributed by atoms with E-state index in [1.807, 2.05) is 0 Å². The highest BCUT2D eigenvalue weighted by Gasteiger charge is 2.15. The van der Waals surface area contributed by atoms with E-state index in [-0.39, 0.29) is 5.82 Å². The predicted molar refractivity (Wildman–Crippen MR) is 70.4 cm³/mol. The number of hydrogen-bond donors (Lipinski definition) is 0. The topological polar surface area (TPSA) is 65.5 Å². The summed E-state index contributed by atoms with van der Waals surface area (Å²) in [5.41, 5.74) is 1.52. The van der Waals surface area contributed by atoms with Crippen LogP contribution in [0, 0.1) is 5.82 Å². The number of benzene rings is 1. The molecule has 0 N–H and O–H groups in total. The molecule has 100 valence electrons. The molecular formula is C12H7FN4O2S. The lowest BCUT2D eigenvalue weighted by Crippen LogP contribution is -1.84. The number of rotatable bonds is 2. The van der Waals surface area contributed by atoms with Gasteiger partial charge in [0.1, 0.15) is 17.0 Å². The van der Waals surface area contributed by atoms with Gasteiger partial charge in [0.05, 0.1) is 13.3 Å². The van der Waals surface area contributed by atoms with Crippen molar-refractivity contribution < 1.29 is 13.5 Å². The van der Waals surface area contributed by atoms with E-state index in [0.29, 0.717) is 32.8 Å². The summed E-state index contributed by atoms with van der Waals surface area (Å²) >= 11 is 1.31. The molecule has 0 amide bonds. The quantitative estimate of drug-likeness (QED) is 0.568. The Morgan fingerprint density at radius 3 is 3.05 bits per heavy atom. The highest BCUT2D eigenvalue weighted by molar-refractivity contribution is 7.18. The van der Waals surface area contributed by atoms with Gasteiger partial charge in [-0.3, -0.25) is 0 Å². The molecule has 0 spiro atoms. The molecule has 3 heterocycles. The molecule has 0 radical (unpaired) electrons. The summed E-state index contributed by atoms with van der Waals surface area (Å²) in [5, 5.41) is 4.69. The third kappa shape index (κ3) is 1.65. The average molecular weight is 290 g/mol. The monoisotopic (exact) mass is 290 g/mol. The molecule has 0 fully saturated rings. The summed E-state index contributed by atoms with van der Waals surface area (Å²) < 4.78 is 25.3. The van der Waals surface area contributed by atoms with Gasteiger partial charge in [0, 0.05) is 6.07 Å². The van der Waals surface area contributed by atoms with Crippen molar-refractivity contribution in [2.24, 2.45) is 0 Å². The maximum Gasteiger partial charge on any atom is 0.294 e. The highest BCUT2D eigenvalue weighted by atomic mass is 32.1.